The van der Waals surface area contributed by atoms with E-state index < -0.39 is 0 Å². The van der Waals surface area contributed by atoms with E-state index in [1.807, 2.05) is 36.5 Å². The van der Waals surface area contributed by atoms with E-state index in [2.05, 4.69) is 56.6 Å². The van der Waals surface area contributed by atoms with Gasteiger partial charge in [0.1, 0.15) is 5.75 Å². The zero-order valence-electron chi connectivity index (χ0n) is 18.3. The molecule has 1 fully saturated rings. The molecule has 1 unspecified atom stereocenters. The Kier molecular flexibility index (Phi) is 7.19. The Morgan fingerprint density at radius 2 is 1.76 bits per heavy atom. The van der Waals surface area contributed by atoms with Gasteiger partial charge in [0.05, 0.1) is 4.88 Å². The van der Waals surface area contributed by atoms with E-state index in [1.54, 1.807) is 11.3 Å². The molecule has 3 aromatic carbocycles. The van der Waals surface area contributed by atoms with Crippen LogP contribution in [-0.4, -0.2) is 11.5 Å². The van der Waals surface area contributed by atoms with Crippen molar-refractivity contribution in [3.05, 3.63) is 86.8 Å². The molecule has 170 valence electrons. The number of aromatic nitrogens is 1. The van der Waals surface area contributed by atoms with Gasteiger partial charge in [0.25, 0.3) is 0 Å². The molecule has 1 N–H and O–H groups in total. The summed E-state index contributed by atoms with van der Waals surface area (Å²) in [6, 6.07) is 20.4. The third kappa shape index (κ3) is 5.71. The molecular weight excluding hydrogens is 516 g/mol. The first kappa shape index (κ1) is 22.7. The molecule has 1 aromatic heterocycles. The first-order valence-corrected chi connectivity index (χ1v) is 13.4. The SMILES string of the molecule is Clc1ccc(C(Oc2ccc3cc(Br)ccc3c2)c2cnc(NCC3CCCCC3)s2)cc1. The van der Waals surface area contributed by atoms with Gasteiger partial charge in [-0.2, -0.15) is 0 Å². The van der Waals surface area contributed by atoms with Gasteiger partial charge in [0, 0.05) is 22.2 Å². The first-order chi connectivity index (χ1) is 16.1. The summed E-state index contributed by atoms with van der Waals surface area (Å²) in [4.78, 5) is 5.73. The maximum Gasteiger partial charge on any atom is 0.183 e. The minimum Gasteiger partial charge on any atom is -0.480 e. The highest BCUT2D eigenvalue weighted by molar-refractivity contribution is 9.10. The Morgan fingerprint density at radius 3 is 2.58 bits per heavy atom. The number of benzene rings is 3. The number of nitrogens with one attached hydrogen (secondary N) is 1. The fraction of sp³-hybridized carbons (Fsp3) is 0.296. The predicted molar refractivity (Wildman–Crippen MR) is 143 cm³/mol. The molecule has 0 radical (unpaired) electrons. The zero-order valence-corrected chi connectivity index (χ0v) is 21.4. The van der Waals surface area contributed by atoms with Crippen molar-refractivity contribution in [2.45, 2.75) is 38.2 Å². The van der Waals surface area contributed by atoms with Crippen LogP contribution in [0.4, 0.5) is 5.13 Å². The monoisotopic (exact) mass is 540 g/mol. The van der Waals surface area contributed by atoms with Gasteiger partial charge >= 0.3 is 0 Å². The van der Waals surface area contributed by atoms with Gasteiger partial charge in [-0.3, -0.25) is 0 Å². The van der Waals surface area contributed by atoms with Crippen LogP contribution in [0.3, 0.4) is 0 Å². The molecule has 0 amide bonds. The third-order valence-electron chi connectivity index (χ3n) is 6.25. The Hall–Kier alpha value is -2.08. The molecule has 1 aliphatic carbocycles. The number of halogens is 2. The fourth-order valence-corrected chi connectivity index (χ4v) is 5.83. The number of nitrogens with zero attached hydrogens (tertiary/aromatic N) is 1. The van der Waals surface area contributed by atoms with Crippen molar-refractivity contribution in [2.24, 2.45) is 5.92 Å². The van der Waals surface area contributed by atoms with Crippen molar-refractivity contribution in [1.29, 1.82) is 0 Å². The Balaban J connectivity index is 1.38. The second-order valence-electron chi connectivity index (χ2n) is 8.66. The Morgan fingerprint density at radius 1 is 1.00 bits per heavy atom. The van der Waals surface area contributed by atoms with E-state index in [0.717, 1.165) is 43.6 Å². The molecule has 33 heavy (non-hydrogen) atoms. The second-order valence-corrected chi connectivity index (χ2v) is 11.1. The summed E-state index contributed by atoms with van der Waals surface area (Å²) in [5, 5.41) is 7.56. The molecule has 5 rings (SSSR count). The van der Waals surface area contributed by atoms with Crippen LogP contribution in [0.25, 0.3) is 10.8 Å². The highest BCUT2D eigenvalue weighted by atomic mass is 79.9. The minimum atomic E-state index is -0.252. The maximum absolute atomic E-state index is 6.56. The summed E-state index contributed by atoms with van der Waals surface area (Å²) in [6.45, 7) is 1.000. The topological polar surface area (TPSA) is 34.1 Å². The summed E-state index contributed by atoms with van der Waals surface area (Å²) < 4.78 is 7.63. The number of ether oxygens (including phenoxy) is 1. The predicted octanol–water partition coefficient (Wildman–Crippen LogP) is 8.87. The van der Waals surface area contributed by atoms with E-state index in [0.29, 0.717) is 5.02 Å². The second kappa shape index (κ2) is 10.5. The highest BCUT2D eigenvalue weighted by Crippen LogP contribution is 2.35. The molecule has 0 bridgehead atoms. The quantitative estimate of drug-likeness (QED) is 0.254. The maximum atomic E-state index is 6.56. The van der Waals surface area contributed by atoms with Crippen LogP contribution >= 0.6 is 38.9 Å². The lowest BCUT2D eigenvalue weighted by molar-refractivity contribution is 0.251. The summed E-state index contributed by atoms with van der Waals surface area (Å²) in [5.74, 6) is 1.59. The molecule has 1 saturated carbocycles. The Labute approximate surface area is 212 Å². The number of thiazole rings is 1. The number of anilines is 1. The standard InChI is InChI=1S/C27H26BrClN2OS/c28-22-10-6-21-15-24(13-9-20(21)14-22)32-26(19-7-11-23(29)12-8-19)25-17-31-27(33-25)30-16-18-4-2-1-3-5-18/h6-15,17-18,26H,1-5,16H2,(H,30,31). The molecule has 0 saturated heterocycles. The van der Waals surface area contributed by atoms with Crippen molar-refractivity contribution in [1.82, 2.24) is 4.98 Å². The summed E-state index contributed by atoms with van der Waals surface area (Å²) >= 11 is 11.4. The van der Waals surface area contributed by atoms with Gasteiger partial charge in [0.2, 0.25) is 0 Å². The van der Waals surface area contributed by atoms with Gasteiger partial charge in [-0.15, -0.1) is 0 Å². The zero-order chi connectivity index (χ0) is 22.6. The molecular formula is C27H26BrClN2OS. The van der Waals surface area contributed by atoms with Gasteiger partial charge in [-0.25, -0.2) is 4.98 Å². The summed E-state index contributed by atoms with van der Waals surface area (Å²) in [5.41, 5.74) is 1.05. The van der Waals surface area contributed by atoms with Gasteiger partial charge in [0.15, 0.2) is 11.2 Å². The van der Waals surface area contributed by atoms with Crippen LogP contribution in [-0.2, 0) is 0 Å². The van der Waals surface area contributed by atoms with Gasteiger partial charge in [-0.05, 0) is 71.5 Å². The number of hydrogen-bond acceptors (Lipinski definition) is 4. The molecule has 6 heteroatoms. The molecule has 3 nitrogen and oxygen atoms in total. The van der Waals surface area contributed by atoms with E-state index in [-0.39, 0.29) is 6.10 Å². The number of rotatable bonds is 7. The van der Waals surface area contributed by atoms with E-state index in [9.17, 15) is 0 Å². The normalized spacial score (nSPS) is 15.5. The van der Waals surface area contributed by atoms with E-state index in [1.165, 1.54) is 37.5 Å². The van der Waals surface area contributed by atoms with Crippen LogP contribution in [0, 0.1) is 5.92 Å². The Bertz CT molecular complexity index is 1220. The lowest BCUT2D eigenvalue weighted by Crippen LogP contribution is -2.16. The summed E-state index contributed by atoms with van der Waals surface area (Å²) in [7, 11) is 0. The lowest BCUT2D eigenvalue weighted by atomic mass is 9.89. The van der Waals surface area contributed by atoms with Crippen LogP contribution in [0.1, 0.15) is 48.6 Å². The van der Waals surface area contributed by atoms with E-state index in [4.69, 9.17) is 16.3 Å². The molecule has 0 aliphatic heterocycles. The minimum absolute atomic E-state index is 0.252. The van der Waals surface area contributed by atoms with Crippen LogP contribution < -0.4 is 10.1 Å². The molecule has 0 spiro atoms. The van der Waals surface area contributed by atoms with Gasteiger partial charge in [-0.1, -0.05) is 82.4 Å². The number of hydrogen-bond donors (Lipinski definition) is 1. The van der Waals surface area contributed by atoms with Crippen molar-refractivity contribution in [3.8, 4) is 5.75 Å². The highest BCUT2D eigenvalue weighted by Gasteiger charge is 2.21. The van der Waals surface area contributed by atoms with Gasteiger partial charge < -0.3 is 10.1 Å². The first-order valence-electron chi connectivity index (χ1n) is 11.4. The van der Waals surface area contributed by atoms with Crippen LogP contribution in [0.5, 0.6) is 5.75 Å². The molecule has 1 atom stereocenters. The average Bonchev–Trinajstić information content (AvgIpc) is 3.31. The van der Waals surface area contributed by atoms with E-state index >= 15 is 0 Å². The van der Waals surface area contributed by atoms with Crippen molar-refractivity contribution >= 4 is 54.8 Å². The largest absolute Gasteiger partial charge is 0.480 e. The third-order valence-corrected chi connectivity index (χ3v) is 7.99. The summed E-state index contributed by atoms with van der Waals surface area (Å²) in [6.07, 6.45) is 8.41. The molecule has 1 heterocycles. The smallest absolute Gasteiger partial charge is 0.183 e. The average molecular weight is 542 g/mol. The molecule has 1 aliphatic rings. The van der Waals surface area contributed by atoms with Crippen molar-refractivity contribution < 1.29 is 4.74 Å². The van der Waals surface area contributed by atoms with Crippen molar-refractivity contribution in [2.75, 3.05) is 11.9 Å². The fourth-order valence-electron chi connectivity index (χ4n) is 4.44. The van der Waals surface area contributed by atoms with Crippen LogP contribution in [0.15, 0.2) is 71.3 Å². The van der Waals surface area contributed by atoms with Crippen molar-refractivity contribution in [3.63, 3.8) is 0 Å². The lowest BCUT2D eigenvalue weighted by Gasteiger charge is -2.21. The number of fused-ring (bicyclic) bond motifs is 1. The van der Waals surface area contributed by atoms with Crippen LogP contribution in [0.2, 0.25) is 5.02 Å². The molecule has 4 aromatic rings.